The molecule has 0 amide bonds. The molecule has 0 spiro atoms. The number of ketones is 1. The molecule has 21 heavy (non-hydrogen) atoms. The number of carbonyl (C=O) groups excluding carboxylic acids is 1. The quantitative estimate of drug-likeness (QED) is 0.818. The van der Waals surface area contributed by atoms with Crippen LogP contribution in [-0.2, 0) is 16.6 Å². The van der Waals surface area contributed by atoms with Crippen LogP contribution >= 0.6 is 0 Å². The van der Waals surface area contributed by atoms with Gasteiger partial charge in [0.15, 0.2) is 5.78 Å². The first-order valence-corrected chi connectivity index (χ1v) is 7.89. The van der Waals surface area contributed by atoms with Crippen molar-refractivity contribution in [3.63, 3.8) is 0 Å². The Labute approximate surface area is 123 Å². The minimum Gasteiger partial charge on any atom is -0.294 e. The van der Waals surface area contributed by atoms with Crippen LogP contribution in [-0.4, -0.2) is 24.2 Å². The lowest BCUT2D eigenvalue weighted by Gasteiger charge is -2.07. The van der Waals surface area contributed by atoms with Crippen LogP contribution in [0.25, 0.3) is 0 Å². The minimum absolute atomic E-state index is 0.0656. The smallest absolute Gasteiger partial charge is 0.240 e. The van der Waals surface area contributed by atoms with E-state index in [-0.39, 0.29) is 17.2 Å². The second-order valence-electron chi connectivity index (χ2n) is 4.33. The molecule has 2 rings (SSSR count). The molecule has 0 fully saturated rings. The highest BCUT2D eigenvalue weighted by Crippen LogP contribution is 2.13. The molecule has 6 nitrogen and oxygen atoms in total. The predicted octanol–water partition coefficient (Wildman–Crippen LogP) is 1.55. The van der Waals surface area contributed by atoms with E-state index in [1.54, 1.807) is 25.1 Å². The average molecular weight is 305 g/mol. The van der Waals surface area contributed by atoms with Gasteiger partial charge in [-0.3, -0.25) is 4.79 Å². The van der Waals surface area contributed by atoms with Crippen LogP contribution in [0, 0.1) is 0 Å². The molecule has 110 valence electrons. The summed E-state index contributed by atoms with van der Waals surface area (Å²) in [5.74, 6) is -0.0946. The maximum Gasteiger partial charge on any atom is 0.240 e. The Morgan fingerprint density at radius 2 is 2.10 bits per heavy atom. The minimum atomic E-state index is -3.69. The lowest BCUT2D eigenvalue weighted by molar-refractivity contribution is 0.0988. The maximum atomic E-state index is 12.2. The molecular formula is C14H15N3O3S. The molecule has 0 bridgehead atoms. The van der Waals surface area contributed by atoms with E-state index >= 15 is 0 Å². The summed E-state index contributed by atoms with van der Waals surface area (Å²) < 4.78 is 26.9. The van der Waals surface area contributed by atoms with E-state index in [2.05, 4.69) is 14.7 Å². The standard InChI is InChI=1S/C14H15N3O3S/c1-2-14(18)11-4-3-5-13(8-11)21(19,20)17-9-12-6-7-15-10-16-12/h3-8,10,17H,2,9H2,1H3. The second kappa shape index (κ2) is 6.55. The number of carbonyl (C=O) groups is 1. The third-order valence-corrected chi connectivity index (χ3v) is 4.27. The van der Waals surface area contributed by atoms with Gasteiger partial charge in [0.05, 0.1) is 17.1 Å². The number of hydrogen-bond acceptors (Lipinski definition) is 5. The molecule has 2 aromatic rings. The summed E-state index contributed by atoms with van der Waals surface area (Å²) in [5, 5.41) is 0. The molecule has 0 radical (unpaired) electrons. The number of rotatable bonds is 6. The Bertz CT molecular complexity index is 730. The Balaban J connectivity index is 2.18. The third kappa shape index (κ3) is 3.93. The Morgan fingerprint density at radius 3 is 2.76 bits per heavy atom. The Hall–Kier alpha value is -2.12. The molecular weight excluding hydrogens is 290 g/mol. The van der Waals surface area contributed by atoms with Crippen molar-refractivity contribution < 1.29 is 13.2 Å². The fourth-order valence-electron chi connectivity index (χ4n) is 1.72. The van der Waals surface area contributed by atoms with E-state index in [0.717, 1.165) is 0 Å². The van der Waals surface area contributed by atoms with Gasteiger partial charge >= 0.3 is 0 Å². The molecule has 1 aromatic heterocycles. The fraction of sp³-hybridized carbons (Fsp3) is 0.214. The van der Waals surface area contributed by atoms with Crippen molar-refractivity contribution >= 4 is 15.8 Å². The molecule has 0 aliphatic heterocycles. The number of hydrogen-bond donors (Lipinski definition) is 1. The van der Waals surface area contributed by atoms with Gasteiger partial charge in [-0.05, 0) is 18.2 Å². The molecule has 0 saturated carbocycles. The Morgan fingerprint density at radius 1 is 1.29 bits per heavy atom. The second-order valence-corrected chi connectivity index (χ2v) is 6.10. The number of Topliss-reactive ketones (excluding diaryl/α,β-unsaturated/α-hetero) is 1. The van der Waals surface area contributed by atoms with Crippen molar-refractivity contribution in [2.75, 3.05) is 0 Å². The largest absolute Gasteiger partial charge is 0.294 e. The molecule has 1 N–H and O–H groups in total. The number of nitrogens with zero attached hydrogens (tertiary/aromatic N) is 2. The normalized spacial score (nSPS) is 11.3. The van der Waals surface area contributed by atoms with Crippen molar-refractivity contribution in [1.29, 1.82) is 0 Å². The first-order chi connectivity index (χ1) is 10.0. The number of aromatic nitrogens is 2. The summed E-state index contributed by atoms with van der Waals surface area (Å²) in [6.45, 7) is 1.80. The van der Waals surface area contributed by atoms with E-state index < -0.39 is 10.0 Å². The summed E-state index contributed by atoms with van der Waals surface area (Å²) in [7, 11) is -3.69. The van der Waals surface area contributed by atoms with Gasteiger partial charge in [-0.15, -0.1) is 0 Å². The Kier molecular flexibility index (Phi) is 4.77. The van der Waals surface area contributed by atoms with Crippen LogP contribution in [0.15, 0.2) is 47.8 Å². The zero-order valence-electron chi connectivity index (χ0n) is 11.5. The van der Waals surface area contributed by atoms with Gasteiger partial charge in [-0.2, -0.15) is 0 Å². The zero-order valence-corrected chi connectivity index (χ0v) is 12.3. The van der Waals surface area contributed by atoms with Gasteiger partial charge in [-0.1, -0.05) is 19.1 Å². The van der Waals surface area contributed by atoms with E-state index in [0.29, 0.717) is 17.7 Å². The van der Waals surface area contributed by atoms with Crippen LogP contribution in [0.2, 0.25) is 0 Å². The molecule has 0 atom stereocenters. The SMILES string of the molecule is CCC(=O)c1cccc(S(=O)(=O)NCc2ccncn2)c1. The van der Waals surface area contributed by atoms with Gasteiger partial charge in [0.25, 0.3) is 0 Å². The summed E-state index contributed by atoms with van der Waals surface area (Å²) in [5.41, 5.74) is 0.955. The zero-order chi connectivity index (χ0) is 15.3. The number of sulfonamides is 1. The number of nitrogens with one attached hydrogen (secondary N) is 1. The van der Waals surface area contributed by atoms with Crippen molar-refractivity contribution in [1.82, 2.24) is 14.7 Å². The third-order valence-electron chi connectivity index (χ3n) is 2.87. The van der Waals surface area contributed by atoms with E-state index in [9.17, 15) is 13.2 Å². The molecule has 1 aromatic carbocycles. The molecule has 0 saturated heterocycles. The monoisotopic (exact) mass is 305 g/mol. The van der Waals surface area contributed by atoms with Crippen LogP contribution < -0.4 is 4.72 Å². The van der Waals surface area contributed by atoms with Crippen LogP contribution in [0.1, 0.15) is 29.4 Å². The predicted molar refractivity (Wildman–Crippen MR) is 77.1 cm³/mol. The van der Waals surface area contributed by atoms with E-state index in [1.807, 2.05) is 0 Å². The molecule has 0 unspecified atom stereocenters. The van der Waals surface area contributed by atoms with Crippen molar-refractivity contribution in [2.24, 2.45) is 0 Å². The first kappa shape index (κ1) is 15.3. The summed E-state index contributed by atoms with van der Waals surface area (Å²) in [6, 6.07) is 7.62. The van der Waals surface area contributed by atoms with E-state index in [4.69, 9.17) is 0 Å². The highest BCUT2D eigenvalue weighted by atomic mass is 32.2. The maximum absolute atomic E-state index is 12.2. The number of benzene rings is 1. The molecule has 0 aliphatic rings. The molecule has 0 aliphatic carbocycles. The summed E-state index contributed by atoms with van der Waals surface area (Å²) >= 11 is 0. The molecule has 7 heteroatoms. The van der Waals surface area contributed by atoms with Gasteiger partial charge in [0, 0.05) is 18.2 Å². The average Bonchev–Trinajstić information content (AvgIpc) is 2.53. The highest BCUT2D eigenvalue weighted by Gasteiger charge is 2.15. The van der Waals surface area contributed by atoms with Gasteiger partial charge in [0.1, 0.15) is 6.33 Å². The topological polar surface area (TPSA) is 89.0 Å². The summed E-state index contributed by atoms with van der Waals surface area (Å²) in [6.07, 6.45) is 3.22. The van der Waals surface area contributed by atoms with Gasteiger partial charge in [0.2, 0.25) is 10.0 Å². The van der Waals surface area contributed by atoms with Gasteiger partial charge < -0.3 is 0 Å². The first-order valence-electron chi connectivity index (χ1n) is 6.41. The fourth-order valence-corrected chi connectivity index (χ4v) is 2.76. The van der Waals surface area contributed by atoms with E-state index in [1.165, 1.54) is 24.7 Å². The van der Waals surface area contributed by atoms with Crippen molar-refractivity contribution in [3.05, 3.63) is 54.1 Å². The van der Waals surface area contributed by atoms with Crippen molar-refractivity contribution in [2.45, 2.75) is 24.8 Å². The van der Waals surface area contributed by atoms with Crippen molar-refractivity contribution in [3.8, 4) is 0 Å². The molecule has 1 heterocycles. The summed E-state index contributed by atoms with van der Waals surface area (Å²) in [4.78, 5) is 19.4. The lowest BCUT2D eigenvalue weighted by atomic mass is 10.1. The lowest BCUT2D eigenvalue weighted by Crippen LogP contribution is -2.24. The van der Waals surface area contributed by atoms with Crippen LogP contribution in [0.3, 0.4) is 0 Å². The highest BCUT2D eigenvalue weighted by molar-refractivity contribution is 7.89. The van der Waals surface area contributed by atoms with Crippen LogP contribution in [0.4, 0.5) is 0 Å². The van der Waals surface area contributed by atoms with Crippen LogP contribution in [0.5, 0.6) is 0 Å². The van der Waals surface area contributed by atoms with Gasteiger partial charge in [-0.25, -0.2) is 23.1 Å².